The number of benzene rings is 1. The molecule has 1 aromatic carbocycles. The van der Waals surface area contributed by atoms with Crippen LogP contribution in [0.1, 0.15) is 83.6 Å². The maximum atomic E-state index is 6.19. The van der Waals surface area contributed by atoms with Crippen LogP contribution in [0.4, 0.5) is 0 Å². The van der Waals surface area contributed by atoms with Crippen LogP contribution < -0.4 is 4.74 Å². The highest BCUT2D eigenvalue weighted by molar-refractivity contribution is 5.29. The highest BCUT2D eigenvalue weighted by Gasteiger charge is 2.21. The normalized spacial score (nSPS) is 18.3. The minimum absolute atomic E-state index is 0.0856. The molecule has 0 saturated heterocycles. The van der Waals surface area contributed by atoms with Gasteiger partial charge >= 0.3 is 0 Å². The van der Waals surface area contributed by atoms with Gasteiger partial charge in [0.15, 0.2) is 6.29 Å². The van der Waals surface area contributed by atoms with Crippen LogP contribution in [0, 0.1) is 0 Å². The minimum atomic E-state index is -0.0856. The van der Waals surface area contributed by atoms with Crippen molar-refractivity contribution < 1.29 is 9.47 Å². The van der Waals surface area contributed by atoms with Crippen molar-refractivity contribution in [3.05, 3.63) is 29.8 Å². The molecule has 1 saturated carbocycles. The first-order valence-electron chi connectivity index (χ1n) is 9.15. The van der Waals surface area contributed by atoms with Gasteiger partial charge in [0.1, 0.15) is 5.75 Å². The third kappa shape index (κ3) is 5.31. The smallest absolute Gasteiger partial charge is 0.200 e. The number of unbranched alkanes of at least 4 members (excludes halogenated alkanes) is 1. The maximum Gasteiger partial charge on any atom is 0.200 e. The van der Waals surface area contributed by atoms with Crippen molar-refractivity contribution in [1.82, 2.24) is 0 Å². The molecule has 0 N–H and O–H groups in total. The van der Waals surface area contributed by atoms with Crippen molar-refractivity contribution in [2.75, 3.05) is 0 Å². The second-order valence-corrected chi connectivity index (χ2v) is 6.61. The van der Waals surface area contributed by atoms with Gasteiger partial charge < -0.3 is 9.47 Å². The Kier molecular flexibility index (Phi) is 7.24. The molecule has 0 amide bonds. The molecule has 1 aromatic rings. The van der Waals surface area contributed by atoms with Crippen molar-refractivity contribution >= 4 is 0 Å². The van der Waals surface area contributed by atoms with Crippen LogP contribution in [-0.4, -0.2) is 12.4 Å². The monoisotopic (exact) mass is 304 g/mol. The Labute approximate surface area is 136 Å². The lowest BCUT2D eigenvalue weighted by molar-refractivity contribution is -0.121. The topological polar surface area (TPSA) is 18.5 Å². The van der Waals surface area contributed by atoms with E-state index in [1.54, 1.807) is 0 Å². The van der Waals surface area contributed by atoms with E-state index >= 15 is 0 Å². The lowest BCUT2D eigenvalue weighted by atomic mass is 9.99. The fourth-order valence-electron chi connectivity index (χ4n) is 3.03. The number of hydrogen-bond donors (Lipinski definition) is 0. The van der Waals surface area contributed by atoms with E-state index in [0.29, 0.717) is 12.0 Å². The molecule has 22 heavy (non-hydrogen) atoms. The first-order valence-corrected chi connectivity index (χ1v) is 9.15. The predicted octanol–water partition coefficient (Wildman–Crippen LogP) is 6.05. The largest absolute Gasteiger partial charge is 0.465 e. The van der Waals surface area contributed by atoms with E-state index in [1.165, 1.54) is 44.1 Å². The van der Waals surface area contributed by atoms with Crippen LogP contribution in [0.2, 0.25) is 0 Å². The van der Waals surface area contributed by atoms with Crippen molar-refractivity contribution in [2.24, 2.45) is 0 Å². The van der Waals surface area contributed by atoms with Gasteiger partial charge in [0.2, 0.25) is 0 Å². The molecule has 1 fully saturated rings. The molecule has 2 atom stereocenters. The highest BCUT2D eigenvalue weighted by Crippen LogP contribution is 2.26. The Balaban J connectivity index is 1.92. The van der Waals surface area contributed by atoms with Gasteiger partial charge in [0.25, 0.3) is 0 Å². The van der Waals surface area contributed by atoms with E-state index in [2.05, 4.69) is 45.0 Å². The Morgan fingerprint density at radius 2 is 1.77 bits per heavy atom. The first-order chi connectivity index (χ1) is 10.7. The van der Waals surface area contributed by atoms with Gasteiger partial charge in [0, 0.05) is 6.42 Å². The summed E-state index contributed by atoms with van der Waals surface area (Å²) in [6, 6.07) is 8.57. The van der Waals surface area contributed by atoms with Crippen LogP contribution in [0.15, 0.2) is 24.3 Å². The summed E-state index contributed by atoms with van der Waals surface area (Å²) in [6.45, 7) is 6.71. The molecule has 2 heteroatoms. The van der Waals surface area contributed by atoms with E-state index in [1.807, 2.05) is 0 Å². The van der Waals surface area contributed by atoms with Crippen molar-refractivity contribution in [2.45, 2.75) is 90.4 Å². The van der Waals surface area contributed by atoms with E-state index < -0.39 is 0 Å². The highest BCUT2D eigenvalue weighted by atomic mass is 16.7. The Hall–Kier alpha value is -1.02. The summed E-state index contributed by atoms with van der Waals surface area (Å²) in [4.78, 5) is 0. The van der Waals surface area contributed by atoms with Gasteiger partial charge in [-0.05, 0) is 49.3 Å². The second kappa shape index (κ2) is 9.19. The van der Waals surface area contributed by atoms with Crippen molar-refractivity contribution in [1.29, 1.82) is 0 Å². The van der Waals surface area contributed by atoms with Gasteiger partial charge in [-0.25, -0.2) is 0 Å². The van der Waals surface area contributed by atoms with Gasteiger partial charge in [0.05, 0.1) is 6.10 Å². The average Bonchev–Trinajstić information content (AvgIpc) is 3.05. The van der Waals surface area contributed by atoms with Gasteiger partial charge in [-0.2, -0.15) is 0 Å². The third-order valence-electron chi connectivity index (χ3n) is 4.77. The summed E-state index contributed by atoms with van der Waals surface area (Å²) in [6.07, 6.45) is 9.80. The maximum absolute atomic E-state index is 6.19. The van der Waals surface area contributed by atoms with Gasteiger partial charge in [-0.1, -0.05) is 52.2 Å². The number of ether oxygens (including phenoxy) is 2. The van der Waals surface area contributed by atoms with E-state index in [0.717, 1.165) is 18.6 Å². The summed E-state index contributed by atoms with van der Waals surface area (Å²) in [5.41, 5.74) is 1.39. The standard InChI is InChI=1S/C20H32O2/c1-4-6-11-20(21-18-9-7-8-10-18)22-19-14-12-17(13-15-19)16(3)5-2/h12-16,18,20H,4-11H2,1-3H3. The molecular weight excluding hydrogens is 272 g/mol. The van der Waals surface area contributed by atoms with Crippen LogP contribution in [0.25, 0.3) is 0 Å². The number of rotatable bonds is 9. The molecule has 0 spiro atoms. The Bertz CT molecular complexity index is 406. The number of hydrogen-bond acceptors (Lipinski definition) is 2. The zero-order chi connectivity index (χ0) is 15.8. The van der Waals surface area contributed by atoms with Crippen LogP contribution in [-0.2, 0) is 4.74 Å². The summed E-state index contributed by atoms with van der Waals surface area (Å²) in [7, 11) is 0. The quantitative estimate of drug-likeness (QED) is 0.517. The molecule has 1 aliphatic carbocycles. The van der Waals surface area contributed by atoms with Crippen LogP contribution >= 0.6 is 0 Å². The molecule has 0 bridgehead atoms. The fourth-order valence-corrected chi connectivity index (χ4v) is 3.03. The molecule has 0 radical (unpaired) electrons. The van der Waals surface area contributed by atoms with Crippen molar-refractivity contribution in [3.8, 4) is 5.75 Å². The Morgan fingerprint density at radius 1 is 1.09 bits per heavy atom. The molecule has 2 rings (SSSR count). The summed E-state index contributed by atoms with van der Waals surface area (Å²) in [5.74, 6) is 1.55. The average molecular weight is 304 g/mol. The van der Waals surface area contributed by atoms with Crippen LogP contribution in [0.5, 0.6) is 5.75 Å². The molecule has 0 heterocycles. The van der Waals surface area contributed by atoms with E-state index in [-0.39, 0.29) is 6.29 Å². The van der Waals surface area contributed by atoms with Crippen LogP contribution in [0.3, 0.4) is 0 Å². The lowest BCUT2D eigenvalue weighted by Crippen LogP contribution is -2.25. The summed E-state index contributed by atoms with van der Waals surface area (Å²) >= 11 is 0. The molecule has 0 aliphatic heterocycles. The lowest BCUT2D eigenvalue weighted by Gasteiger charge is -2.23. The second-order valence-electron chi connectivity index (χ2n) is 6.61. The molecule has 0 aromatic heterocycles. The van der Waals surface area contributed by atoms with Crippen molar-refractivity contribution in [3.63, 3.8) is 0 Å². The molecule has 2 unspecified atom stereocenters. The molecule has 124 valence electrons. The summed E-state index contributed by atoms with van der Waals surface area (Å²) < 4.78 is 12.3. The minimum Gasteiger partial charge on any atom is -0.465 e. The molecule has 1 aliphatic rings. The van der Waals surface area contributed by atoms with Gasteiger partial charge in [-0.3, -0.25) is 0 Å². The van der Waals surface area contributed by atoms with Gasteiger partial charge in [-0.15, -0.1) is 0 Å². The first kappa shape index (κ1) is 17.3. The zero-order valence-electron chi connectivity index (χ0n) is 14.5. The SMILES string of the molecule is CCCCC(Oc1ccc(C(C)CC)cc1)OC1CCCC1. The summed E-state index contributed by atoms with van der Waals surface area (Å²) in [5, 5.41) is 0. The third-order valence-corrected chi connectivity index (χ3v) is 4.77. The molecule has 2 nitrogen and oxygen atoms in total. The fraction of sp³-hybridized carbons (Fsp3) is 0.700. The molecular formula is C20H32O2. The Morgan fingerprint density at radius 3 is 2.36 bits per heavy atom. The predicted molar refractivity (Wildman–Crippen MR) is 92.4 cm³/mol. The van der Waals surface area contributed by atoms with E-state index in [9.17, 15) is 0 Å². The zero-order valence-corrected chi connectivity index (χ0v) is 14.5. The van der Waals surface area contributed by atoms with E-state index in [4.69, 9.17) is 9.47 Å².